The normalized spacial score (nSPS) is 18.9. The molecule has 5 N–H and O–H groups in total. The van der Waals surface area contributed by atoms with Crippen molar-refractivity contribution < 1.29 is 10.2 Å². The summed E-state index contributed by atoms with van der Waals surface area (Å²) in [7, 11) is 0. The Morgan fingerprint density at radius 2 is 2.00 bits per heavy atom. The zero-order valence-electron chi connectivity index (χ0n) is 4.13. The third-order valence-electron chi connectivity index (χ3n) is 0.412. The first-order valence-electron chi connectivity index (χ1n) is 2.00. The van der Waals surface area contributed by atoms with Crippen LogP contribution in [0, 0.1) is 0 Å². The van der Waals surface area contributed by atoms with Crippen LogP contribution < -0.4 is 11.1 Å². The van der Waals surface area contributed by atoms with Crippen LogP contribution in [0.4, 0.5) is 0 Å². The van der Waals surface area contributed by atoms with E-state index in [9.17, 15) is 0 Å². The maximum Gasteiger partial charge on any atom is 0.159 e. The van der Waals surface area contributed by atoms with Crippen LogP contribution in [0.2, 0.25) is 0 Å². The highest BCUT2D eigenvalue weighted by atomic mass is 16.3. The Morgan fingerprint density at radius 3 is 2.00 bits per heavy atom. The van der Waals surface area contributed by atoms with Gasteiger partial charge in [0.2, 0.25) is 0 Å². The van der Waals surface area contributed by atoms with Gasteiger partial charge in [0.15, 0.2) is 6.35 Å². The molecule has 0 bridgehead atoms. The molecule has 4 nitrogen and oxygen atoms in total. The molecule has 0 saturated carbocycles. The lowest BCUT2D eigenvalue weighted by Gasteiger charge is -2.08. The summed E-state index contributed by atoms with van der Waals surface area (Å²) in [6, 6.07) is 0. The summed E-state index contributed by atoms with van der Waals surface area (Å²) in [4.78, 5) is 0. The van der Waals surface area contributed by atoms with Crippen LogP contribution in [-0.2, 0) is 0 Å². The fraction of sp³-hybridized carbons (Fsp3) is 1.00. The Kier molecular flexibility index (Phi) is 2.86. The van der Waals surface area contributed by atoms with Crippen molar-refractivity contribution in [1.82, 2.24) is 5.32 Å². The summed E-state index contributed by atoms with van der Waals surface area (Å²) < 4.78 is 0. The molecule has 0 radical (unpaired) electrons. The molecule has 0 aliphatic carbocycles. The number of hydrogen-bond donors (Lipinski definition) is 4. The highest BCUT2D eigenvalue weighted by molar-refractivity contribution is 4.41. The number of aliphatic hydroxyl groups is 2. The number of hydrogen-bond acceptors (Lipinski definition) is 4. The molecule has 0 rings (SSSR count). The van der Waals surface area contributed by atoms with E-state index in [1.165, 1.54) is 6.92 Å². The fourth-order valence-electron chi connectivity index (χ4n) is 0.247. The van der Waals surface area contributed by atoms with Gasteiger partial charge in [0.1, 0.15) is 6.23 Å². The van der Waals surface area contributed by atoms with Gasteiger partial charge in [-0.1, -0.05) is 0 Å². The molecule has 0 aromatic carbocycles. The first-order chi connectivity index (χ1) is 3.13. The molecular formula is C3H10N2O2. The monoisotopic (exact) mass is 106 g/mol. The number of nitrogens with one attached hydrogen (secondary N) is 1. The van der Waals surface area contributed by atoms with Gasteiger partial charge in [0, 0.05) is 0 Å². The molecule has 2 atom stereocenters. The summed E-state index contributed by atoms with van der Waals surface area (Å²) in [6.07, 6.45) is -1.88. The van der Waals surface area contributed by atoms with Gasteiger partial charge < -0.3 is 10.2 Å². The Morgan fingerprint density at radius 1 is 1.57 bits per heavy atom. The highest BCUT2D eigenvalue weighted by Gasteiger charge is 1.95. The van der Waals surface area contributed by atoms with Crippen LogP contribution >= 0.6 is 0 Å². The SMILES string of the molecule is CC(O)NC(N)O. The van der Waals surface area contributed by atoms with E-state index in [0.717, 1.165) is 0 Å². The standard InChI is InChI=1S/C3H10N2O2/c1-2(6)5-3(4)7/h2-3,5-7H,4H2,1H3. The predicted octanol–water partition coefficient (Wildman–Crippen LogP) is -1.85. The van der Waals surface area contributed by atoms with E-state index in [2.05, 4.69) is 5.32 Å². The van der Waals surface area contributed by atoms with Gasteiger partial charge in [0.05, 0.1) is 0 Å². The van der Waals surface area contributed by atoms with E-state index >= 15 is 0 Å². The van der Waals surface area contributed by atoms with Crippen LogP contribution in [0.1, 0.15) is 6.92 Å². The molecule has 0 amide bonds. The van der Waals surface area contributed by atoms with Gasteiger partial charge in [0.25, 0.3) is 0 Å². The molecule has 0 fully saturated rings. The molecular weight excluding hydrogens is 96.0 g/mol. The van der Waals surface area contributed by atoms with Crippen molar-refractivity contribution in [3.8, 4) is 0 Å². The van der Waals surface area contributed by atoms with E-state index in [1.54, 1.807) is 0 Å². The molecule has 0 spiro atoms. The minimum atomic E-state index is -1.13. The number of rotatable bonds is 2. The van der Waals surface area contributed by atoms with Crippen molar-refractivity contribution in [1.29, 1.82) is 0 Å². The molecule has 0 aliphatic rings. The van der Waals surface area contributed by atoms with Crippen molar-refractivity contribution >= 4 is 0 Å². The second-order valence-corrected chi connectivity index (χ2v) is 1.29. The topological polar surface area (TPSA) is 78.5 Å². The van der Waals surface area contributed by atoms with Gasteiger partial charge in [-0.2, -0.15) is 0 Å². The van der Waals surface area contributed by atoms with E-state index in [1.807, 2.05) is 0 Å². The van der Waals surface area contributed by atoms with Gasteiger partial charge in [-0.25, -0.2) is 0 Å². The van der Waals surface area contributed by atoms with Gasteiger partial charge in [-0.05, 0) is 6.92 Å². The summed E-state index contributed by atoms with van der Waals surface area (Å²) in [6.45, 7) is 1.47. The van der Waals surface area contributed by atoms with Gasteiger partial charge in [-0.3, -0.25) is 11.1 Å². The van der Waals surface area contributed by atoms with E-state index in [4.69, 9.17) is 15.9 Å². The first kappa shape index (κ1) is 6.84. The van der Waals surface area contributed by atoms with Crippen molar-refractivity contribution in [2.75, 3.05) is 0 Å². The van der Waals surface area contributed by atoms with Gasteiger partial charge in [-0.15, -0.1) is 0 Å². The quantitative estimate of drug-likeness (QED) is 0.312. The van der Waals surface area contributed by atoms with E-state index in [0.29, 0.717) is 0 Å². The Hall–Kier alpha value is -0.160. The van der Waals surface area contributed by atoms with E-state index in [-0.39, 0.29) is 0 Å². The summed E-state index contributed by atoms with van der Waals surface area (Å²) in [5.41, 5.74) is 4.78. The van der Waals surface area contributed by atoms with Crippen LogP contribution in [0.5, 0.6) is 0 Å². The zero-order chi connectivity index (χ0) is 5.86. The molecule has 0 aromatic rings. The lowest BCUT2D eigenvalue weighted by molar-refractivity contribution is 0.0564. The zero-order valence-corrected chi connectivity index (χ0v) is 4.13. The molecule has 0 aromatic heterocycles. The van der Waals surface area contributed by atoms with Crippen LogP contribution in [0.3, 0.4) is 0 Å². The third kappa shape index (κ3) is 5.84. The summed E-state index contributed by atoms with van der Waals surface area (Å²) >= 11 is 0. The van der Waals surface area contributed by atoms with Crippen LogP contribution in [0.25, 0.3) is 0 Å². The predicted molar refractivity (Wildman–Crippen MR) is 25.0 cm³/mol. The summed E-state index contributed by atoms with van der Waals surface area (Å²) in [5.74, 6) is 0. The maximum absolute atomic E-state index is 8.37. The largest absolute Gasteiger partial charge is 0.379 e. The van der Waals surface area contributed by atoms with Crippen molar-refractivity contribution in [2.45, 2.75) is 19.5 Å². The minimum absolute atomic E-state index is 0.750. The lowest BCUT2D eigenvalue weighted by atomic mass is 10.6. The Bertz CT molecular complexity index is 40.2. The lowest BCUT2D eigenvalue weighted by Crippen LogP contribution is -2.42. The average Bonchev–Trinajstić information content (AvgIpc) is 1.27. The second kappa shape index (κ2) is 2.92. The van der Waals surface area contributed by atoms with Crippen molar-refractivity contribution in [3.05, 3.63) is 0 Å². The molecule has 44 valence electrons. The number of nitrogens with two attached hydrogens (primary N) is 1. The molecule has 2 unspecified atom stereocenters. The average molecular weight is 106 g/mol. The maximum atomic E-state index is 8.37. The van der Waals surface area contributed by atoms with Crippen molar-refractivity contribution in [2.24, 2.45) is 5.73 Å². The van der Waals surface area contributed by atoms with Crippen LogP contribution in [-0.4, -0.2) is 22.8 Å². The Balaban J connectivity index is 2.95. The molecule has 7 heavy (non-hydrogen) atoms. The Labute approximate surface area is 41.9 Å². The molecule has 0 saturated heterocycles. The molecule has 0 aliphatic heterocycles. The van der Waals surface area contributed by atoms with Crippen molar-refractivity contribution in [3.63, 3.8) is 0 Å². The third-order valence-corrected chi connectivity index (χ3v) is 0.412. The fourth-order valence-corrected chi connectivity index (χ4v) is 0.247. The molecule has 4 heteroatoms. The summed E-state index contributed by atoms with van der Waals surface area (Å²) in [5, 5.41) is 18.8. The highest BCUT2D eigenvalue weighted by Crippen LogP contribution is 1.68. The molecule has 0 heterocycles. The minimum Gasteiger partial charge on any atom is -0.379 e. The van der Waals surface area contributed by atoms with Gasteiger partial charge >= 0.3 is 0 Å². The van der Waals surface area contributed by atoms with E-state index < -0.39 is 12.6 Å². The smallest absolute Gasteiger partial charge is 0.159 e. The number of aliphatic hydroxyl groups excluding tert-OH is 2. The van der Waals surface area contributed by atoms with Crippen LogP contribution in [0.15, 0.2) is 0 Å². The first-order valence-corrected chi connectivity index (χ1v) is 2.00. The second-order valence-electron chi connectivity index (χ2n) is 1.29.